The van der Waals surface area contributed by atoms with Crippen LogP contribution in [0.15, 0.2) is 24.7 Å². The lowest BCUT2D eigenvalue weighted by Crippen LogP contribution is -1.82. The van der Waals surface area contributed by atoms with Crippen LogP contribution in [0.1, 0.15) is 5.56 Å². The molecule has 0 radical (unpaired) electrons. The molecule has 0 amide bonds. The Hall–Kier alpha value is -0.960. The number of nitrogens with zero attached hydrogens (tertiary/aromatic N) is 1. The SMILES string of the molecule is SCCc1c[nH]c2ccncc12. The number of fused-ring (bicyclic) bond motifs is 1. The molecule has 0 unspecified atom stereocenters. The lowest BCUT2D eigenvalue weighted by Gasteiger charge is -1.92. The molecule has 2 nitrogen and oxygen atoms in total. The van der Waals surface area contributed by atoms with Crippen molar-refractivity contribution in [2.75, 3.05) is 5.75 Å². The molecule has 0 atom stereocenters. The van der Waals surface area contributed by atoms with Gasteiger partial charge < -0.3 is 4.98 Å². The molecule has 0 aromatic carbocycles. The monoisotopic (exact) mass is 178 g/mol. The predicted molar refractivity (Wildman–Crippen MR) is 53.7 cm³/mol. The minimum atomic E-state index is 0.877. The maximum absolute atomic E-state index is 4.20. The Kier molecular flexibility index (Phi) is 2.04. The van der Waals surface area contributed by atoms with E-state index in [2.05, 4.69) is 22.6 Å². The van der Waals surface area contributed by atoms with Crippen molar-refractivity contribution in [1.29, 1.82) is 0 Å². The van der Waals surface area contributed by atoms with Crippen LogP contribution in [0.4, 0.5) is 0 Å². The highest BCUT2D eigenvalue weighted by Gasteiger charge is 2.00. The molecule has 2 heterocycles. The van der Waals surface area contributed by atoms with Crippen molar-refractivity contribution in [2.45, 2.75) is 6.42 Å². The van der Waals surface area contributed by atoms with Gasteiger partial charge in [0.05, 0.1) is 0 Å². The van der Waals surface area contributed by atoms with Crippen molar-refractivity contribution in [1.82, 2.24) is 9.97 Å². The van der Waals surface area contributed by atoms with E-state index in [9.17, 15) is 0 Å². The molecule has 0 spiro atoms. The van der Waals surface area contributed by atoms with Gasteiger partial charge in [-0.3, -0.25) is 4.98 Å². The summed E-state index contributed by atoms with van der Waals surface area (Å²) in [5, 5.41) is 1.21. The highest BCUT2D eigenvalue weighted by molar-refractivity contribution is 7.80. The van der Waals surface area contributed by atoms with Gasteiger partial charge >= 0.3 is 0 Å². The van der Waals surface area contributed by atoms with E-state index >= 15 is 0 Å². The molecule has 0 aliphatic carbocycles. The Bertz CT molecular complexity index is 381. The normalized spacial score (nSPS) is 10.8. The number of thiol groups is 1. The van der Waals surface area contributed by atoms with Gasteiger partial charge in [-0.1, -0.05) is 0 Å². The number of pyridine rings is 1. The number of nitrogens with one attached hydrogen (secondary N) is 1. The average Bonchev–Trinajstić information content (AvgIpc) is 2.50. The minimum Gasteiger partial charge on any atom is -0.361 e. The zero-order valence-electron chi connectivity index (χ0n) is 6.62. The molecule has 0 fully saturated rings. The van der Waals surface area contributed by atoms with Crippen LogP contribution >= 0.6 is 12.6 Å². The van der Waals surface area contributed by atoms with Crippen molar-refractivity contribution >= 4 is 23.5 Å². The standard InChI is InChI=1S/C9H10N2S/c12-4-2-7-5-11-9-1-3-10-6-8(7)9/h1,3,5-6,11-12H,2,4H2. The third kappa shape index (κ3) is 1.20. The Morgan fingerprint density at radius 2 is 2.42 bits per heavy atom. The van der Waals surface area contributed by atoms with E-state index in [1.807, 2.05) is 18.5 Å². The Morgan fingerprint density at radius 3 is 3.25 bits per heavy atom. The summed E-state index contributed by atoms with van der Waals surface area (Å²) >= 11 is 4.20. The zero-order valence-corrected chi connectivity index (χ0v) is 7.51. The molecule has 2 aromatic rings. The number of hydrogen-bond donors (Lipinski definition) is 2. The van der Waals surface area contributed by atoms with Gasteiger partial charge in [-0.15, -0.1) is 0 Å². The van der Waals surface area contributed by atoms with E-state index in [4.69, 9.17) is 0 Å². The summed E-state index contributed by atoms with van der Waals surface area (Å²) in [6.07, 6.45) is 6.71. The summed E-state index contributed by atoms with van der Waals surface area (Å²) in [4.78, 5) is 7.28. The molecule has 12 heavy (non-hydrogen) atoms. The molecular formula is C9H10N2S. The molecule has 2 aromatic heterocycles. The number of aromatic nitrogens is 2. The summed E-state index contributed by atoms with van der Waals surface area (Å²) in [6, 6.07) is 1.98. The number of aromatic amines is 1. The largest absolute Gasteiger partial charge is 0.361 e. The number of rotatable bonds is 2. The topological polar surface area (TPSA) is 28.7 Å². The Morgan fingerprint density at radius 1 is 1.50 bits per heavy atom. The average molecular weight is 178 g/mol. The van der Waals surface area contributed by atoms with E-state index in [1.54, 1.807) is 6.20 Å². The molecule has 1 N–H and O–H groups in total. The van der Waals surface area contributed by atoms with Gasteiger partial charge in [0.2, 0.25) is 0 Å². The fourth-order valence-electron chi connectivity index (χ4n) is 1.35. The first-order valence-corrected chi connectivity index (χ1v) is 4.56. The van der Waals surface area contributed by atoms with Crippen LogP contribution in [0.2, 0.25) is 0 Å². The molecule has 3 heteroatoms. The molecular weight excluding hydrogens is 168 g/mol. The van der Waals surface area contributed by atoms with Crippen LogP contribution in [0.25, 0.3) is 10.9 Å². The summed E-state index contributed by atoms with van der Waals surface area (Å²) < 4.78 is 0. The van der Waals surface area contributed by atoms with Crippen LogP contribution in [0, 0.1) is 0 Å². The Labute approximate surface area is 76.4 Å². The highest BCUT2D eigenvalue weighted by Crippen LogP contribution is 2.16. The number of H-pyrrole nitrogens is 1. The van der Waals surface area contributed by atoms with Gasteiger partial charge in [0, 0.05) is 29.5 Å². The smallest absolute Gasteiger partial charge is 0.0487 e. The van der Waals surface area contributed by atoms with Crippen LogP contribution < -0.4 is 0 Å². The van der Waals surface area contributed by atoms with Crippen molar-refractivity contribution in [3.05, 3.63) is 30.2 Å². The van der Waals surface area contributed by atoms with Crippen molar-refractivity contribution < 1.29 is 0 Å². The third-order valence-electron chi connectivity index (χ3n) is 1.95. The molecule has 0 aliphatic rings. The van der Waals surface area contributed by atoms with Crippen LogP contribution in [0.5, 0.6) is 0 Å². The molecule has 0 saturated heterocycles. The van der Waals surface area contributed by atoms with Gasteiger partial charge in [-0.05, 0) is 23.8 Å². The number of hydrogen-bond acceptors (Lipinski definition) is 2. The minimum absolute atomic E-state index is 0.877. The quantitative estimate of drug-likeness (QED) is 0.677. The lowest BCUT2D eigenvalue weighted by atomic mass is 10.2. The molecule has 62 valence electrons. The van der Waals surface area contributed by atoms with Gasteiger partial charge in [0.1, 0.15) is 0 Å². The van der Waals surface area contributed by atoms with Crippen LogP contribution in [-0.4, -0.2) is 15.7 Å². The van der Waals surface area contributed by atoms with Crippen molar-refractivity contribution in [3.63, 3.8) is 0 Å². The lowest BCUT2D eigenvalue weighted by molar-refractivity contribution is 1.18. The first-order valence-electron chi connectivity index (χ1n) is 3.92. The zero-order chi connectivity index (χ0) is 8.39. The van der Waals surface area contributed by atoms with Gasteiger partial charge in [-0.25, -0.2) is 0 Å². The van der Waals surface area contributed by atoms with E-state index in [0.29, 0.717) is 0 Å². The van der Waals surface area contributed by atoms with Crippen molar-refractivity contribution in [3.8, 4) is 0 Å². The summed E-state index contributed by atoms with van der Waals surface area (Å²) in [6.45, 7) is 0. The maximum atomic E-state index is 4.20. The second-order valence-electron chi connectivity index (χ2n) is 2.71. The number of aryl methyl sites for hydroxylation is 1. The molecule has 0 bridgehead atoms. The van der Waals surface area contributed by atoms with E-state index in [1.165, 1.54) is 10.9 Å². The Balaban J connectivity index is 2.55. The van der Waals surface area contributed by atoms with Gasteiger partial charge in [0.15, 0.2) is 0 Å². The van der Waals surface area contributed by atoms with Gasteiger partial charge in [-0.2, -0.15) is 12.6 Å². The van der Waals surface area contributed by atoms with Crippen LogP contribution in [0.3, 0.4) is 0 Å². The van der Waals surface area contributed by atoms with Crippen molar-refractivity contribution in [2.24, 2.45) is 0 Å². The van der Waals surface area contributed by atoms with E-state index in [-0.39, 0.29) is 0 Å². The summed E-state index contributed by atoms with van der Waals surface area (Å²) in [5.74, 6) is 0.877. The van der Waals surface area contributed by atoms with E-state index in [0.717, 1.165) is 17.7 Å². The summed E-state index contributed by atoms with van der Waals surface area (Å²) in [7, 11) is 0. The second kappa shape index (κ2) is 3.19. The third-order valence-corrected chi connectivity index (χ3v) is 2.17. The fraction of sp³-hybridized carbons (Fsp3) is 0.222. The van der Waals surface area contributed by atoms with Crippen LogP contribution in [-0.2, 0) is 6.42 Å². The molecule has 0 aliphatic heterocycles. The fourth-order valence-corrected chi connectivity index (χ4v) is 1.59. The highest BCUT2D eigenvalue weighted by atomic mass is 32.1. The maximum Gasteiger partial charge on any atom is 0.0487 e. The first-order chi connectivity index (χ1) is 5.92. The summed E-state index contributed by atoms with van der Waals surface area (Å²) in [5.41, 5.74) is 2.45. The van der Waals surface area contributed by atoms with Gasteiger partial charge in [0.25, 0.3) is 0 Å². The molecule has 2 rings (SSSR count). The van der Waals surface area contributed by atoms with E-state index < -0.39 is 0 Å². The molecule has 0 saturated carbocycles. The first kappa shape index (κ1) is 7.68. The second-order valence-corrected chi connectivity index (χ2v) is 3.16. The predicted octanol–water partition coefficient (Wildman–Crippen LogP) is 2.04.